The maximum absolute atomic E-state index is 10.6. The van der Waals surface area contributed by atoms with Crippen LogP contribution in [0.2, 0.25) is 0 Å². The average molecular weight is 206 g/mol. The van der Waals surface area contributed by atoms with Gasteiger partial charge in [-0.2, -0.15) is 5.10 Å². The molecule has 1 aromatic carbocycles. The van der Waals surface area contributed by atoms with Crippen LogP contribution >= 0.6 is 0 Å². The Bertz CT molecular complexity index is 361. The van der Waals surface area contributed by atoms with Crippen molar-refractivity contribution in [2.75, 3.05) is 6.61 Å². The van der Waals surface area contributed by atoms with E-state index in [1.165, 1.54) is 6.92 Å². The molecular weight excluding hydrogens is 192 g/mol. The molecule has 1 rings (SSSR count). The van der Waals surface area contributed by atoms with Crippen LogP contribution in [0.4, 0.5) is 0 Å². The predicted octanol–water partition coefficient (Wildman–Crippen LogP) is 1.56. The number of amides is 1. The first-order valence-corrected chi connectivity index (χ1v) is 4.75. The Morgan fingerprint density at radius 2 is 2.27 bits per heavy atom. The van der Waals surface area contributed by atoms with E-state index in [-0.39, 0.29) is 5.91 Å². The molecule has 1 aromatic rings. The molecule has 0 spiro atoms. The summed E-state index contributed by atoms with van der Waals surface area (Å²) in [6, 6.07) is 7.51. The normalized spacial score (nSPS) is 10.3. The number of rotatable bonds is 4. The van der Waals surface area contributed by atoms with Gasteiger partial charge in [0.05, 0.1) is 12.8 Å². The van der Waals surface area contributed by atoms with Crippen molar-refractivity contribution >= 4 is 12.1 Å². The van der Waals surface area contributed by atoms with Crippen LogP contribution in [0.25, 0.3) is 0 Å². The fourth-order valence-corrected chi connectivity index (χ4v) is 1.07. The fourth-order valence-electron chi connectivity index (χ4n) is 1.07. The lowest BCUT2D eigenvalue weighted by Crippen LogP contribution is -2.12. The SMILES string of the molecule is CCOc1ccccc1/C=N/NC(C)=O. The number of hydrogen-bond acceptors (Lipinski definition) is 3. The number of ether oxygens (including phenoxy) is 1. The number of hydrazone groups is 1. The highest BCUT2D eigenvalue weighted by Gasteiger charge is 1.98. The van der Waals surface area contributed by atoms with E-state index in [0.717, 1.165) is 11.3 Å². The largest absolute Gasteiger partial charge is 0.493 e. The Kier molecular flexibility index (Phi) is 4.34. The highest BCUT2D eigenvalue weighted by molar-refractivity contribution is 5.84. The van der Waals surface area contributed by atoms with Crippen LogP contribution in [0, 0.1) is 0 Å². The second kappa shape index (κ2) is 5.80. The third-order valence-electron chi connectivity index (χ3n) is 1.64. The first-order valence-electron chi connectivity index (χ1n) is 4.75. The molecule has 15 heavy (non-hydrogen) atoms. The maximum atomic E-state index is 10.6. The lowest BCUT2D eigenvalue weighted by Gasteiger charge is -2.05. The molecule has 0 atom stereocenters. The molecule has 80 valence electrons. The second-order valence-corrected chi connectivity index (χ2v) is 2.90. The van der Waals surface area contributed by atoms with Gasteiger partial charge in [-0.05, 0) is 19.1 Å². The van der Waals surface area contributed by atoms with Crippen molar-refractivity contribution in [2.24, 2.45) is 5.10 Å². The minimum Gasteiger partial charge on any atom is -0.493 e. The molecule has 1 amide bonds. The molecule has 0 aliphatic heterocycles. The van der Waals surface area contributed by atoms with E-state index in [4.69, 9.17) is 4.74 Å². The molecule has 0 saturated carbocycles. The van der Waals surface area contributed by atoms with E-state index >= 15 is 0 Å². The number of carbonyl (C=O) groups excluding carboxylic acids is 1. The quantitative estimate of drug-likeness (QED) is 0.600. The molecule has 0 fully saturated rings. The van der Waals surface area contributed by atoms with Crippen molar-refractivity contribution in [1.82, 2.24) is 5.43 Å². The number of carbonyl (C=O) groups is 1. The van der Waals surface area contributed by atoms with Crippen LogP contribution in [0.3, 0.4) is 0 Å². The first kappa shape index (κ1) is 11.2. The summed E-state index contributed by atoms with van der Waals surface area (Å²) >= 11 is 0. The number of para-hydroxylation sites is 1. The van der Waals surface area contributed by atoms with Gasteiger partial charge in [0.2, 0.25) is 5.91 Å². The monoisotopic (exact) mass is 206 g/mol. The van der Waals surface area contributed by atoms with Gasteiger partial charge in [-0.15, -0.1) is 0 Å². The molecule has 0 aromatic heterocycles. The van der Waals surface area contributed by atoms with Gasteiger partial charge in [0.15, 0.2) is 0 Å². The van der Waals surface area contributed by atoms with Gasteiger partial charge in [-0.25, -0.2) is 5.43 Å². The zero-order valence-corrected chi connectivity index (χ0v) is 8.86. The second-order valence-electron chi connectivity index (χ2n) is 2.90. The molecule has 0 bridgehead atoms. The third kappa shape index (κ3) is 3.81. The topological polar surface area (TPSA) is 50.7 Å². The molecule has 0 unspecified atom stereocenters. The zero-order valence-electron chi connectivity index (χ0n) is 8.86. The number of nitrogens with one attached hydrogen (secondary N) is 1. The first-order chi connectivity index (χ1) is 7.24. The van der Waals surface area contributed by atoms with E-state index in [1.54, 1.807) is 6.21 Å². The van der Waals surface area contributed by atoms with Gasteiger partial charge < -0.3 is 4.74 Å². The van der Waals surface area contributed by atoms with Crippen molar-refractivity contribution in [2.45, 2.75) is 13.8 Å². The molecule has 4 nitrogen and oxygen atoms in total. The summed E-state index contributed by atoms with van der Waals surface area (Å²) in [7, 11) is 0. The molecule has 1 N–H and O–H groups in total. The van der Waals surface area contributed by atoms with Crippen LogP contribution in [-0.4, -0.2) is 18.7 Å². The Hall–Kier alpha value is -1.84. The van der Waals surface area contributed by atoms with Crippen LogP contribution in [0.1, 0.15) is 19.4 Å². The van der Waals surface area contributed by atoms with Crippen molar-refractivity contribution in [3.63, 3.8) is 0 Å². The summed E-state index contributed by atoms with van der Waals surface area (Å²) in [5, 5.41) is 3.78. The van der Waals surface area contributed by atoms with E-state index in [0.29, 0.717) is 6.61 Å². The molecule has 0 aliphatic carbocycles. The van der Waals surface area contributed by atoms with Gasteiger partial charge in [0.25, 0.3) is 0 Å². The van der Waals surface area contributed by atoms with Crippen LogP contribution in [-0.2, 0) is 4.79 Å². The van der Waals surface area contributed by atoms with Crippen molar-refractivity contribution < 1.29 is 9.53 Å². The molecular formula is C11H14N2O2. The summed E-state index contributed by atoms with van der Waals surface area (Å²) in [5.41, 5.74) is 3.18. The lowest BCUT2D eigenvalue weighted by molar-refractivity contribution is -0.118. The summed E-state index contributed by atoms with van der Waals surface area (Å²) < 4.78 is 5.39. The zero-order chi connectivity index (χ0) is 11.1. The number of hydrogen-bond donors (Lipinski definition) is 1. The van der Waals surface area contributed by atoms with Gasteiger partial charge in [-0.3, -0.25) is 4.79 Å². The third-order valence-corrected chi connectivity index (χ3v) is 1.64. The van der Waals surface area contributed by atoms with Crippen molar-refractivity contribution in [3.8, 4) is 5.75 Å². The predicted molar refractivity (Wildman–Crippen MR) is 59.0 cm³/mol. The van der Waals surface area contributed by atoms with Crippen LogP contribution < -0.4 is 10.2 Å². The van der Waals surface area contributed by atoms with Gasteiger partial charge in [-0.1, -0.05) is 12.1 Å². The van der Waals surface area contributed by atoms with E-state index in [2.05, 4.69) is 10.5 Å². The molecule has 0 aliphatic rings. The Labute approximate surface area is 88.9 Å². The van der Waals surface area contributed by atoms with Gasteiger partial charge in [0, 0.05) is 12.5 Å². The van der Waals surface area contributed by atoms with E-state index in [9.17, 15) is 4.79 Å². The molecule has 0 heterocycles. The molecule has 4 heteroatoms. The van der Waals surface area contributed by atoms with E-state index < -0.39 is 0 Å². The van der Waals surface area contributed by atoms with Crippen molar-refractivity contribution in [1.29, 1.82) is 0 Å². The summed E-state index contributed by atoms with van der Waals surface area (Å²) in [6.45, 7) is 3.93. The summed E-state index contributed by atoms with van der Waals surface area (Å²) in [5.74, 6) is 0.564. The van der Waals surface area contributed by atoms with E-state index in [1.807, 2.05) is 31.2 Å². The smallest absolute Gasteiger partial charge is 0.236 e. The number of nitrogens with zero attached hydrogens (tertiary/aromatic N) is 1. The minimum atomic E-state index is -0.194. The summed E-state index contributed by atoms with van der Waals surface area (Å²) in [4.78, 5) is 10.6. The minimum absolute atomic E-state index is 0.194. The standard InChI is InChI=1S/C11H14N2O2/c1-3-15-11-7-5-4-6-10(11)8-12-13-9(2)14/h4-8H,3H2,1-2H3,(H,13,14)/b12-8+. The molecule has 0 saturated heterocycles. The van der Waals surface area contributed by atoms with Crippen molar-refractivity contribution in [3.05, 3.63) is 29.8 Å². The van der Waals surface area contributed by atoms with Crippen LogP contribution in [0.5, 0.6) is 5.75 Å². The average Bonchev–Trinajstić information content (AvgIpc) is 2.20. The fraction of sp³-hybridized carbons (Fsp3) is 0.273. The Morgan fingerprint density at radius 1 is 1.53 bits per heavy atom. The summed E-state index contributed by atoms with van der Waals surface area (Å²) in [6.07, 6.45) is 1.56. The number of benzene rings is 1. The van der Waals surface area contributed by atoms with Gasteiger partial charge in [0.1, 0.15) is 5.75 Å². The maximum Gasteiger partial charge on any atom is 0.236 e. The van der Waals surface area contributed by atoms with Crippen LogP contribution in [0.15, 0.2) is 29.4 Å². The Morgan fingerprint density at radius 3 is 2.93 bits per heavy atom. The Balaban J connectivity index is 2.74. The van der Waals surface area contributed by atoms with Gasteiger partial charge >= 0.3 is 0 Å². The highest BCUT2D eigenvalue weighted by atomic mass is 16.5. The molecule has 0 radical (unpaired) electrons. The highest BCUT2D eigenvalue weighted by Crippen LogP contribution is 2.15. The lowest BCUT2D eigenvalue weighted by atomic mass is 10.2.